The third kappa shape index (κ3) is 3.33. The van der Waals surface area contributed by atoms with Gasteiger partial charge in [0.05, 0.1) is 6.54 Å². The lowest BCUT2D eigenvalue weighted by molar-refractivity contribution is 0.137. The Hall–Kier alpha value is -0.870. The van der Waals surface area contributed by atoms with E-state index in [1.807, 2.05) is 12.4 Å². The summed E-state index contributed by atoms with van der Waals surface area (Å²) >= 11 is 0. The van der Waals surface area contributed by atoms with Crippen molar-refractivity contribution < 1.29 is 0 Å². The molecule has 0 atom stereocenters. The maximum absolute atomic E-state index is 6.00. The van der Waals surface area contributed by atoms with Crippen molar-refractivity contribution in [1.29, 1.82) is 0 Å². The largest absolute Gasteiger partial charge is 0.337 e. The maximum atomic E-state index is 6.00. The lowest BCUT2D eigenvalue weighted by Gasteiger charge is -2.35. The Bertz CT molecular complexity index is 352. The zero-order valence-electron chi connectivity index (χ0n) is 11.7. The van der Waals surface area contributed by atoms with E-state index in [0.717, 1.165) is 13.1 Å². The number of nitrogens with zero attached hydrogens (tertiary/aromatic N) is 3. The van der Waals surface area contributed by atoms with Gasteiger partial charge in [0, 0.05) is 31.5 Å². The van der Waals surface area contributed by atoms with Crippen LogP contribution in [-0.4, -0.2) is 33.1 Å². The summed E-state index contributed by atoms with van der Waals surface area (Å²) in [7, 11) is 2.07. The third-order valence-corrected chi connectivity index (χ3v) is 4.03. The quantitative estimate of drug-likeness (QED) is 0.868. The second-order valence-corrected chi connectivity index (χ2v) is 5.49. The van der Waals surface area contributed by atoms with E-state index in [2.05, 4.69) is 28.4 Å². The van der Waals surface area contributed by atoms with E-state index < -0.39 is 0 Å². The lowest BCUT2D eigenvalue weighted by Crippen LogP contribution is -2.41. The minimum absolute atomic E-state index is 0.429. The van der Waals surface area contributed by atoms with Gasteiger partial charge >= 0.3 is 0 Å². The Morgan fingerprint density at radius 1 is 1.39 bits per heavy atom. The number of hydrogen-bond acceptors (Lipinski definition) is 3. The van der Waals surface area contributed by atoms with Crippen LogP contribution in [0.25, 0.3) is 0 Å². The molecule has 1 aliphatic rings. The summed E-state index contributed by atoms with van der Waals surface area (Å²) in [5.41, 5.74) is 6.00. The monoisotopic (exact) mass is 250 g/mol. The molecule has 1 aromatic heterocycles. The number of hydrogen-bond donors (Lipinski definition) is 1. The zero-order valence-corrected chi connectivity index (χ0v) is 11.7. The maximum Gasteiger partial charge on any atom is 0.122 e. The van der Waals surface area contributed by atoms with Crippen molar-refractivity contribution in [3.05, 3.63) is 18.2 Å². The molecule has 1 fully saturated rings. The highest BCUT2D eigenvalue weighted by Crippen LogP contribution is 2.23. The molecule has 2 rings (SSSR count). The first-order valence-electron chi connectivity index (χ1n) is 7.16. The molecule has 0 bridgehead atoms. The average molecular weight is 250 g/mol. The Balaban J connectivity index is 1.97. The fraction of sp³-hybridized carbons (Fsp3) is 0.786. The first-order valence-corrected chi connectivity index (χ1v) is 7.16. The molecule has 0 amide bonds. The normalized spacial score (nSPS) is 24.7. The highest BCUT2D eigenvalue weighted by molar-refractivity contribution is 4.93. The first kappa shape index (κ1) is 13.6. The van der Waals surface area contributed by atoms with E-state index in [9.17, 15) is 0 Å². The van der Waals surface area contributed by atoms with E-state index >= 15 is 0 Å². The van der Waals surface area contributed by atoms with Crippen LogP contribution >= 0.6 is 0 Å². The molecule has 4 heteroatoms. The molecule has 1 aliphatic carbocycles. The van der Waals surface area contributed by atoms with Gasteiger partial charge < -0.3 is 10.3 Å². The SMILES string of the molecule is CCCN(Cc1nccn1C)C1CCC(N)CC1. The fourth-order valence-corrected chi connectivity index (χ4v) is 2.88. The molecule has 1 heterocycles. The van der Waals surface area contributed by atoms with Crippen LogP contribution in [0.5, 0.6) is 0 Å². The number of rotatable bonds is 5. The van der Waals surface area contributed by atoms with Crippen molar-refractivity contribution in [2.24, 2.45) is 12.8 Å². The third-order valence-electron chi connectivity index (χ3n) is 4.03. The smallest absolute Gasteiger partial charge is 0.122 e. The standard InChI is InChI=1S/C14H26N4/c1-3-9-18(11-14-16-8-10-17(14)2)13-6-4-12(15)5-7-13/h8,10,12-13H,3-7,9,11,15H2,1-2H3. The summed E-state index contributed by atoms with van der Waals surface area (Å²) in [6.07, 6.45) is 9.94. The first-order chi connectivity index (χ1) is 8.70. The van der Waals surface area contributed by atoms with Crippen molar-refractivity contribution in [3.8, 4) is 0 Å². The summed E-state index contributed by atoms with van der Waals surface area (Å²) in [6, 6.07) is 1.12. The Kier molecular flexibility index (Phi) is 4.78. The predicted molar refractivity (Wildman–Crippen MR) is 74.1 cm³/mol. The molecule has 0 aromatic carbocycles. The fourth-order valence-electron chi connectivity index (χ4n) is 2.88. The molecule has 1 aromatic rings. The minimum Gasteiger partial charge on any atom is -0.337 e. The van der Waals surface area contributed by atoms with Crippen LogP contribution in [0.4, 0.5) is 0 Å². The molecule has 1 saturated carbocycles. The van der Waals surface area contributed by atoms with Crippen molar-refractivity contribution in [2.45, 2.75) is 57.7 Å². The summed E-state index contributed by atoms with van der Waals surface area (Å²) in [6.45, 7) is 4.38. The molecule has 0 saturated heterocycles. The molecule has 0 unspecified atom stereocenters. The molecule has 102 valence electrons. The molecule has 18 heavy (non-hydrogen) atoms. The molecular formula is C14H26N4. The number of aryl methyl sites for hydroxylation is 1. The highest BCUT2D eigenvalue weighted by Gasteiger charge is 2.24. The van der Waals surface area contributed by atoms with Crippen LogP contribution in [0.1, 0.15) is 44.9 Å². The molecule has 4 nitrogen and oxygen atoms in total. The van der Waals surface area contributed by atoms with Gasteiger partial charge in [-0.2, -0.15) is 0 Å². The predicted octanol–water partition coefficient (Wildman–Crippen LogP) is 1.90. The van der Waals surface area contributed by atoms with Gasteiger partial charge in [-0.05, 0) is 38.6 Å². The highest BCUT2D eigenvalue weighted by atomic mass is 15.2. The topological polar surface area (TPSA) is 47.1 Å². The second-order valence-electron chi connectivity index (χ2n) is 5.49. The van der Waals surface area contributed by atoms with E-state index in [-0.39, 0.29) is 0 Å². The molecule has 0 spiro atoms. The van der Waals surface area contributed by atoms with Gasteiger partial charge in [-0.1, -0.05) is 6.92 Å². The minimum atomic E-state index is 0.429. The van der Waals surface area contributed by atoms with Crippen LogP contribution < -0.4 is 5.73 Å². The lowest BCUT2D eigenvalue weighted by atomic mass is 9.90. The summed E-state index contributed by atoms with van der Waals surface area (Å²) < 4.78 is 2.12. The van der Waals surface area contributed by atoms with Crippen LogP contribution in [0, 0.1) is 0 Å². The van der Waals surface area contributed by atoms with E-state index in [4.69, 9.17) is 5.73 Å². The van der Waals surface area contributed by atoms with Gasteiger partial charge in [0.1, 0.15) is 5.82 Å². The Morgan fingerprint density at radius 2 is 2.11 bits per heavy atom. The Morgan fingerprint density at radius 3 is 2.67 bits per heavy atom. The molecule has 2 N–H and O–H groups in total. The summed E-state index contributed by atoms with van der Waals surface area (Å²) in [5.74, 6) is 1.17. The Labute approximate surface area is 110 Å². The van der Waals surface area contributed by atoms with Gasteiger partial charge in [-0.25, -0.2) is 4.98 Å². The summed E-state index contributed by atoms with van der Waals surface area (Å²) in [4.78, 5) is 7.04. The van der Waals surface area contributed by atoms with E-state index in [0.29, 0.717) is 12.1 Å². The van der Waals surface area contributed by atoms with Crippen molar-refractivity contribution >= 4 is 0 Å². The van der Waals surface area contributed by atoms with Gasteiger partial charge in [0.25, 0.3) is 0 Å². The zero-order chi connectivity index (χ0) is 13.0. The van der Waals surface area contributed by atoms with E-state index in [1.165, 1.54) is 37.9 Å². The van der Waals surface area contributed by atoms with Crippen LogP contribution in [-0.2, 0) is 13.6 Å². The molecular weight excluding hydrogens is 224 g/mol. The number of imidazole rings is 1. The van der Waals surface area contributed by atoms with Crippen molar-refractivity contribution in [3.63, 3.8) is 0 Å². The van der Waals surface area contributed by atoms with Gasteiger partial charge in [-0.15, -0.1) is 0 Å². The average Bonchev–Trinajstić information content (AvgIpc) is 2.76. The molecule has 0 radical (unpaired) electrons. The number of nitrogens with two attached hydrogens (primary N) is 1. The van der Waals surface area contributed by atoms with Crippen LogP contribution in [0.15, 0.2) is 12.4 Å². The van der Waals surface area contributed by atoms with Crippen molar-refractivity contribution in [2.75, 3.05) is 6.54 Å². The number of aromatic nitrogens is 2. The van der Waals surface area contributed by atoms with Crippen molar-refractivity contribution in [1.82, 2.24) is 14.5 Å². The van der Waals surface area contributed by atoms with E-state index in [1.54, 1.807) is 0 Å². The summed E-state index contributed by atoms with van der Waals surface area (Å²) in [5, 5.41) is 0. The molecule has 0 aliphatic heterocycles. The van der Waals surface area contributed by atoms with Crippen LogP contribution in [0.2, 0.25) is 0 Å². The van der Waals surface area contributed by atoms with Crippen LogP contribution in [0.3, 0.4) is 0 Å². The van der Waals surface area contributed by atoms with Gasteiger partial charge in [0.15, 0.2) is 0 Å². The van der Waals surface area contributed by atoms with Gasteiger partial charge in [-0.3, -0.25) is 4.90 Å². The van der Waals surface area contributed by atoms with Gasteiger partial charge in [0.2, 0.25) is 0 Å². The second kappa shape index (κ2) is 6.34.